The number of phenols is 1. The second-order valence-corrected chi connectivity index (χ2v) is 8.52. The summed E-state index contributed by atoms with van der Waals surface area (Å²) >= 11 is 0. The van der Waals surface area contributed by atoms with Crippen molar-refractivity contribution in [3.8, 4) is 34.2 Å². The van der Waals surface area contributed by atoms with Gasteiger partial charge < -0.3 is 24.5 Å². The Balaban J connectivity index is 1.48. The lowest BCUT2D eigenvalue weighted by Crippen LogP contribution is -2.52. The first-order chi connectivity index (χ1) is 16.7. The Morgan fingerprint density at radius 2 is 2.03 bits per heavy atom. The Hall–Kier alpha value is -3.74. The average Bonchev–Trinajstić information content (AvgIpc) is 3.59. The van der Waals surface area contributed by atoms with Crippen LogP contribution >= 0.6 is 0 Å². The van der Waals surface area contributed by atoms with Crippen molar-refractivity contribution in [2.75, 3.05) is 24.5 Å². The molecule has 2 aromatic heterocycles. The summed E-state index contributed by atoms with van der Waals surface area (Å²) in [6.45, 7) is 3.79. The zero-order valence-corrected chi connectivity index (χ0v) is 18.5. The van der Waals surface area contributed by atoms with E-state index in [9.17, 15) is 23.1 Å². The third-order valence-electron chi connectivity index (χ3n) is 5.87. The SMILES string of the molecule is Cc1cnc(-c2cc(O)c(-c3cnc(N4CCN[C@@H](C5CC5)C4)nn3)c(OC(=O)C(F)(F)F)c2)o1. The Kier molecular flexibility index (Phi) is 5.79. The van der Waals surface area contributed by atoms with E-state index >= 15 is 0 Å². The van der Waals surface area contributed by atoms with Crippen LogP contribution in [-0.4, -0.2) is 63.1 Å². The molecular weight excluding hydrogens is 469 g/mol. The van der Waals surface area contributed by atoms with Gasteiger partial charge in [0.05, 0.1) is 18.0 Å². The zero-order chi connectivity index (χ0) is 24.7. The number of aromatic hydroxyl groups is 1. The van der Waals surface area contributed by atoms with Crippen LogP contribution in [0.1, 0.15) is 18.6 Å². The van der Waals surface area contributed by atoms with Gasteiger partial charge in [0.15, 0.2) is 0 Å². The smallest absolute Gasteiger partial charge is 0.491 e. The largest absolute Gasteiger partial charge is 0.507 e. The van der Waals surface area contributed by atoms with E-state index in [0.29, 0.717) is 30.2 Å². The highest BCUT2D eigenvalue weighted by Crippen LogP contribution is 2.41. The van der Waals surface area contributed by atoms with Crippen molar-refractivity contribution in [1.82, 2.24) is 25.5 Å². The Morgan fingerprint density at radius 1 is 1.23 bits per heavy atom. The maximum absolute atomic E-state index is 12.9. The predicted molar refractivity (Wildman–Crippen MR) is 116 cm³/mol. The second-order valence-electron chi connectivity index (χ2n) is 8.52. The number of halogens is 3. The summed E-state index contributed by atoms with van der Waals surface area (Å²) in [5, 5.41) is 22.3. The summed E-state index contributed by atoms with van der Waals surface area (Å²) in [5.74, 6) is -2.08. The van der Waals surface area contributed by atoms with Crippen LogP contribution in [0.3, 0.4) is 0 Å². The van der Waals surface area contributed by atoms with E-state index in [1.165, 1.54) is 31.3 Å². The minimum Gasteiger partial charge on any atom is -0.507 e. The van der Waals surface area contributed by atoms with Gasteiger partial charge in [-0.25, -0.2) is 14.8 Å². The van der Waals surface area contributed by atoms with Crippen molar-refractivity contribution in [1.29, 1.82) is 0 Å². The molecule has 3 aromatic rings. The number of phenolic OH excluding ortho intramolecular Hbond substituents is 1. The first-order valence-corrected chi connectivity index (χ1v) is 11.0. The minimum atomic E-state index is -5.25. The van der Waals surface area contributed by atoms with Gasteiger partial charge in [-0.2, -0.15) is 13.2 Å². The van der Waals surface area contributed by atoms with Gasteiger partial charge in [0.1, 0.15) is 23.0 Å². The minimum absolute atomic E-state index is 0.0251. The van der Waals surface area contributed by atoms with Crippen LogP contribution in [0.5, 0.6) is 11.5 Å². The maximum Gasteiger partial charge on any atom is 0.491 e. The number of alkyl halides is 3. The van der Waals surface area contributed by atoms with Crippen molar-refractivity contribution in [2.45, 2.75) is 32.0 Å². The quantitative estimate of drug-likeness (QED) is 0.407. The number of piperazine rings is 1. The van der Waals surface area contributed by atoms with E-state index in [2.05, 4.69) is 30.2 Å². The fraction of sp³-hybridized carbons (Fsp3) is 0.409. The van der Waals surface area contributed by atoms with Gasteiger partial charge >= 0.3 is 12.1 Å². The summed E-state index contributed by atoms with van der Waals surface area (Å²) in [4.78, 5) is 21.9. The van der Waals surface area contributed by atoms with Gasteiger partial charge in [-0.1, -0.05) is 0 Å². The van der Waals surface area contributed by atoms with Crippen LogP contribution in [-0.2, 0) is 4.79 Å². The predicted octanol–water partition coefficient (Wildman–Crippen LogP) is 2.86. The summed E-state index contributed by atoms with van der Waals surface area (Å²) in [7, 11) is 0. The number of carbonyl (C=O) groups excluding carboxylic acids is 1. The van der Waals surface area contributed by atoms with E-state index in [4.69, 9.17) is 4.42 Å². The van der Waals surface area contributed by atoms with E-state index in [-0.39, 0.29) is 22.7 Å². The summed E-state index contributed by atoms with van der Waals surface area (Å²) in [6.07, 6.45) is -0.210. The third kappa shape index (κ3) is 4.90. The molecule has 1 saturated carbocycles. The number of oxazole rings is 1. The molecule has 184 valence electrons. The van der Waals surface area contributed by atoms with Crippen LogP contribution in [0.25, 0.3) is 22.7 Å². The lowest BCUT2D eigenvalue weighted by atomic mass is 10.1. The molecule has 5 rings (SSSR count). The first kappa shape index (κ1) is 23.0. The number of esters is 1. The number of carbonyl (C=O) groups is 1. The normalized spacial score (nSPS) is 18.5. The monoisotopic (exact) mass is 490 g/mol. The molecule has 13 heteroatoms. The van der Waals surface area contributed by atoms with Gasteiger partial charge in [-0.05, 0) is 37.8 Å². The molecule has 2 fully saturated rings. The van der Waals surface area contributed by atoms with E-state index in [1.807, 2.05) is 4.90 Å². The molecule has 0 spiro atoms. The molecule has 0 radical (unpaired) electrons. The van der Waals surface area contributed by atoms with Crippen LogP contribution in [0, 0.1) is 12.8 Å². The molecule has 10 nitrogen and oxygen atoms in total. The average molecular weight is 490 g/mol. The number of ether oxygens (including phenoxy) is 1. The van der Waals surface area contributed by atoms with E-state index in [1.54, 1.807) is 6.92 Å². The van der Waals surface area contributed by atoms with Crippen LogP contribution < -0.4 is 15.0 Å². The van der Waals surface area contributed by atoms with E-state index in [0.717, 1.165) is 19.2 Å². The summed E-state index contributed by atoms with van der Waals surface area (Å²) < 4.78 is 48.8. The molecule has 0 amide bonds. The summed E-state index contributed by atoms with van der Waals surface area (Å²) in [5.41, 5.74) is -0.230. The molecule has 0 bridgehead atoms. The maximum atomic E-state index is 12.9. The van der Waals surface area contributed by atoms with Crippen molar-refractivity contribution < 1.29 is 32.2 Å². The third-order valence-corrected chi connectivity index (χ3v) is 5.87. The number of aryl methyl sites for hydroxylation is 1. The molecule has 0 unspecified atom stereocenters. The summed E-state index contributed by atoms with van der Waals surface area (Å²) in [6, 6.07) is 2.67. The van der Waals surface area contributed by atoms with Crippen molar-refractivity contribution >= 4 is 11.9 Å². The molecule has 1 saturated heterocycles. The number of nitrogens with one attached hydrogen (secondary N) is 1. The second kappa shape index (κ2) is 8.80. The number of hydrogen-bond donors (Lipinski definition) is 2. The van der Waals surface area contributed by atoms with Crippen LogP contribution in [0.4, 0.5) is 19.1 Å². The number of benzene rings is 1. The molecule has 2 aliphatic rings. The highest BCUT2D eigenvalue weighted by Gasteiger charge is 2.42. The lowest BCUT2D eigenvalue weighted by molar-refractivity contribution is -0.189. The first-order valence-electron chi connectivity index (χ1n) is 11.0. The highest BCUT2D eigenvalue weighted by molar-refractivity contribution is 5.84. The molecule has 35 heavy (non-hydrogen) atoms. The molecule has 2 N–H and O–H groups in total. The van der Waals surface area contributed by atoms with Crippen LogP contribution in [0.2, 0.25) is 0 Å². The Morgan fingerprint density at radius 3 is 2.66 bits per heavy atom. The van der Waals surface area contributed by atoms with Crippen molar-refractivity contribution in [2.24, 2.45) is 5.92 Å². The lowest BCUT2D eigenvalue weighted by Gasteiger charge is -2.33. The van der Waals surface area contributed by atoms with Gasteiger partial charge in [0.25, 0.3) is 0 Å². The van der Waals surface area contributed by atoms with Crippen LogP contribution in [0.15, 0.2) is 28.9 Å². The molecule has 1 aliphatic heterocycles. The number of rotatable bonds is 5. The fourth-order valence-electron chi connectivity index (χ4n) is 4.01. The molecular formula is C22H21F3N6O4. The number of hydrogen-bond acceptors (Lipinski definition) is 10. The fourth-order valence-corrected chi connectivity index (χ4v) is 4.01. The van der Waals surface area contributed by atoms with Gasteiger partial charge in [-0.3, -0.25) is 0 Å². The highest BCUT2D eigenvalue weighted by atomic mass is 19.4. The molecule has 1 atom stereocenters. The number of anilines is 1. The Bertz CT molecular complexity index is 1240. The van der Waals surface area contributed by atoms with E-state index < -0.39 is 23.6 Å². The van der Waals surface area contributed by atoms with Gasteiger partial charge in [0, 0.05) is 31.2 Å². The zero-order valence-electron chi connectivity index (χ0n) is 18.5. The molecule has 3 heterocycles. The number of aromatic nitrogens is 4. The van der Waals surface area contributed by atoms with Crippen molar-refractivity contribution in [3.05, 3.63) is 30.3 Å². The Labute approximate surface area is 197 Å². The van der Waals surface area contributed by atoms with Gasteiger partial charge in [0.2, 0.25) is 11.8 Å². The molecule has 1 aliphatic carbocycles. The topological polar surface area (TPSA) is 127 Å². The standard InChI is InChI=1S/C22H21F3N6O4/c1-11-8-27-19(34-11)13-6-16(32)18(17(7-13)35-20(33)22(23,24)25)14-9-28-21(30-29-14)31-5-4-26-15(10-31)12-2-3-12/h6-9,12,15,26,32H,2-5,10H2,1H3/t15-/m1/s1. The molecule has 1 aromatic carbocycles. The van der Waals surface area contributed by atoms with Crippen molar-refractivity contribution in [3.63, 3.8) is 0 Å². The number of nitrogens with zero attached hydrogens (tertiary/aromatic N) is 5. The van der Waals surface area contributed by atoms with Gasteiger partial charge in [-0.15, -0.1) is 10.2 Å².